The molecule has 28 heavy (non-hydrogen) atoms. The monoisotopic (exact) mass is 394 g/mol. The SMILES string of the molecule is CCn1nc(NC(=O)COc2ccc(Cl)cc2)c2cc3cc(C)ccc3nc21. The second-order valence-electron chi connectivity index (χ2n) is 6.51. The molecule has 1 N–H and O–H groups in total. The van der Waals surface area contributed by atoms with Crippen LogP contribution in [0.5, 0.6) is 5.75 Å². The molecular formula is C21H19ClN4O2. The van der Waals surface area contributed by atoms with Gasteiger partial charge < -0.3 is 10.1 Å². The summed E-state index contributed by atoms with van der Waals surface area (Å²) in [4.78, 5) is 17.1. The third-order valence-electron chi connectivity index (χ3n) is 4.41. The predicted octanol–water partition coefficient (Wildman–Crippen LogP) is 4.58. The van der Waals surface area contributed by atoms with Crippen LogP contribution in [0.1, 0.15) is 12.5 Å². The molecule has 0 unspecified atom stereocenters. The lowest BCUT2D eigenvalue weighted by molar-refractivity contribution is -0.118. The molecule has 0 aliphatic carbocycles. The van der Waals surface area contributed by atoms with Crippen molar-refractivity contribution in [1.82, 2.24) is 14.8 Å². The van der Waals surface area contributed by atoms with Gasteiger partial charge in [0.15, 0.2) is 18.1 Å². The molecule has 7 heteroatoms. The number of carbonyl (C=O) groups is 1. The highest BCUT2D eigenvalue weighted by molar-refractivity contribution is 6.30. The number of fused-ring (bicyclic) bond motifs is 2. The highest BCUT2D eigenvalue weighted by Gasteiger charge is 2.15. The van der Waals surface area contributed by atoms with E-state index in [9.17, 15) is 4.79 Å². The summed E-state index contributed by atoms with van der Waals surface area (Å²) in [6.45, 7) is 4.55. The van der Waals surface area contributed by atoms with Gasteiger partial charge in [-0.25, -0.2) is 9.67 Å². The molecule has 2 aromatic carbocycles. The number of nitrogens with one attached hydrogen (secondary N) is 1. The molecule has 2 aromatic heterocycles. The molecular weight excluding hydrogens is 376 g/mol. The molecule has 0 saturated heterocycles. The standard InChI is InChI=1S/C21H19ClN4O2/c1-3-26-21-17(11-14-10-13(2)4-9-18(14)23-21)20(25-26)24-19(27)12-28-16-7-5-15(22)6-8-16/h4-11H,3,12H2,1-2H3,(H,24,25,27). The van der Waals surface area contributed by atoms with Crippen molar-refractivity contribution in [3.8, 4) is 5.75 Å². The van der Waals surface area contributed by atoms with Gasteiger partial charge in [-0.2, -0.15) is 5.10 Å². The third kappa shape index (κ3) is 3.64. The molecule has 0 atom stereocenters. The van der Waals surface area contributed by atoms with Gasteiger partial charge in [-0.05, 0) is 56.3 Å². The van der Waals surface area contributed by atoms with E-state index < -0.39 is 0 Å². The average Bonchev–Trinajstić information content (AvgIpc) is 3.02. The normalized spacial score (nSPS) is 11.1. The van der Waals surface area contributed by atoms with Crippen LogP contribution in [-0.4, -0.2) is 27.3 Å². The summed E-state index contributed by atoms with van der Waals surface area (Å²) in [5.41, 5.74) is 2.79. The zero-order valence-electron chi connectivity index (χ0n) is 15.6. The molecule has 0 fully saturated rings. The Bertz CT molecular complexity index is 1170. The van der Waals surface area contributed by atoms with Gasteiger partial charge in [0, 0.05) is 17.0 Å². The maximum Gasteiger partial charge on any atom is 0.263 e. The summed E-state index contributed by atoms with van der Waals surface area (Å²) < 4.78 is 7.29. The minimum absolute atomic E-state index is 0.123. The minimum Gasteiger partial charge on any atom is -0.484 e. The molecule has 0 aliphatic rings. The van der Waals surface area contributed by atoms with Crippen molar-refractivity contribution in [1.29, 1.82) is 0 Å². The Kier molecular flexibility index (Phi) is 4.88. The Balaban J connectivity index is 1.60. The number of nitrogens with zero attached hydrogens (tertiary/aromatic N) is 3. The van der Waals surface area contributed by atoms with Gasteiger partial charge in [-0.3, -0.25) is 4.79 Å². The maximum atomic E-state index is 12.4. The van der Waals surface area contributed by atoms with E-state index in [1.807, 2.05) is 32.0 Å². The Morgan fingerprint density at radius 1 is 1.18 bits per heavy atom. The molecule has 0 radical (unpaired) electrons. The lowest BCUT2D eigenvalue weighted by Crippen LogP contribution is -2.20. The number of benzene rings is 2. The highest BCUT2D eigenvalue weighted by atomic mass is 35.5. The summed E-state index contributed by atoms with van der Waals surface area (Å²) in [5, 5.41) is 9.78. The van der Waals surface area contributed by atoms with Crippen LogP contribution in [-0.2, 0) is 11.3 Å². The minimum atomic E-state index is -0.290. The first kappa shape index (κ1) is 18.3. The predicted molar refractivity (Wildman–Crippen MR) is 111 cm³/mol. The molecule has 2 heterocycles. The van der Waals surface area contributed by atoms with Crippen LogP contribution in [0.15, 0.2) is 48.5 Å². The van der Waals surface area contributed by atoms with E-state index in [0.717, 1.165) is 27.5 Å². The van der Waals surface area contributed by atoms with Crippen LogP contribution >= 0.6 is 11.6 Å². The summed E-state index contributed by atoms with van der Waals surface area (Å²) in [6, 6.07) is 15.0. The summed E-state index contributed by atoms with van der Waals surface area (Å²) in [6.07, 6.45) is 0. The van der Waals surface area contributed by atoms with E-state index >= 15 is 0 Å². The van der Waals surface area contributed by atoms with E-state index in [1.54, 1.807) is 28.9 Å². The summed E-state index contributed by atoms with van der Waals surface area (Å²) >= 11 is 5.85. The molecule has 0 spiro atoms. The van der Waals surface area contributed by atoms with E-state index in [2.05, 4.69) is 16.5 Å². The van der Waals surface area contributed by atoms with Crippen molar-refractivity contribution in [2.75, 3.05) is 11.9 Å². The van der Waals surface area contributed by atoms with Crippen LogP contribution < -0.4 is 10.1 Å². The van der Waals surface area contributed by atoms with Crippen molar-refractivity contribution >= 4 is 45.3 Å². The van der Waals surface area contributed by atoms with Gasteiger partial charge in [0.1, 0.15) is 5.75 Å². The molecule has 0 saturated carbocycles. The Hall–Kier alpha value is -3.12. The van der Waals surface area contributed by atoms with Crippen LogP contribution in [0.2, 0.25) is 5.02 Å². The molecule has 4 aromatic rings. The van der Waals surface area contributed by atoms with Gasteiger partial charge in [0.05, 0.1) is 10.9 Å². The Morgan fingerprint density at radius 2 is 1.96 bits per heavy atom. The zero-order valence-corrected chi connectivity index (χ0v) is 16.3. The number of aryl methyl sites for hydroxylation is 2. The van der Waals surface area contributed by atoms with E-state index in [-0.39, 0.29) is 12.5 Å². The smallest absolute Gasteiger partial charge is 0.263 e. The summed E-state index contributed by atoms with van der Waals surface area (Å²) in [7, 11) is 0. The van der Waals surface area contributed by atoms with E-state index in [0.29, 0.717) is 23.1 Å². The number of rotatable bonds is 5. The van der Waals surface area contributed by atoms with Gasteiger partial charge in [0.2, 0.25) is 0 Å². The third-order valence-corrected chi connectivity index (χ3v) is 4.66. The number of pyridine rings is 1. The number of hydrogen-bond acceptors (Lipinski definition) is 4. The summed E-state index contributed by atoms with van der Waals surface area (Å²) in [5.74, 6) is 0.769. The number of halogens is 1. The molecule has 0 aliphatic heterocycles. The second-order valence-corrected chi connectivity index (χ2v) is 6.95. The van der Waals surface area contributed by atoms with Crippen LogP contribution in [0.25, 0.3) is 21.9 Å². The Morgan fingerprint density at radius 3 is 2.71 bits per heavy atom. The molecule has 0 bridgehead atoms. The molecule has 1 amide bonds. The van der Waals surface area contributed by atoms with Crippen LogP contribution in [0.3, 0.4) is 0 Å². The molecule has 6 nitrogen and oxygen atoms in total. The Labute approximate surface area is 167 Å². The maximum absolute atomic E-state index is 12.4. The van der Waals surface area contributed by atoms with Crippen molar-refractivity contribution in [3.63, 3.8) is 0 Å². The van der Waals surface area contributed by atoms with Crippen molar-refractivity contribution in [2.45, 2.75) is 20.4 Å². The first-order valence-electron chi connectivity index (χ1n) is 8.99. The first-order valence-corrected chi connectivity index (χ1v) is 9.37. The number of amides is 1. The van der Waals surface area contributed by atoms with E-state index in [1.165, 1.54) is 0 Å². The average molecular weight is 395 g/mol. The van der Waals surface area contributed by atoms with Gasteiger partial charge in [-0.15, -0.1) is 0 Å². The zero-order chi connectivity index (χ0) is 19.7. The molecule has 142 valence electrons. The number of hydrogen-bond donors (Lipinski definition) is 1. The van der Waals surface area contributed by atoms with Crippen molar-refractivity contribution in [2.24, 2.45) is 0 Å². The lowest BCUT2D eigenvalue weighted by Gasteiger charge is -2.06. The number of anilines is 1. The first-order chi connectivity index (χ1) is 13.5. The highest BCUT2D eigenvalue weighted by Crippen LogP contribution is 2.26. The largest absolute Gasteiger partial charge is 0.484 e. The lowest BCUT2D eigenvalue weighted by atomic mass is 10.1. The number of ether oxygens (including phenoxy) is 1. The fourth-order valence-electron chi connectivity index (χ4n) is 3.04. The second kappa shape index (κ2) is 7.48. The van der Waals surface area contributed by atoms with Crippen molar-refractivity contribution in [3.05, 3.63) is 59.1 Å². The van der Waals surface area contributed by atoms with Gasteiger partial charge >= 0.3 is 0 Å². The van der Waals surface area contributed by atoms with Gasteiger partial charge in [-0.1, -0.05) is 23.2 Å². The van der Waals surface area contributed by atoms with Crippen LogP contribution in [0, 0.1) is 6.92 Å². The molecule has 4 rings (SSSR count). The number of aromatic nitrogens is 3. The van der Waals surface area contributed by atoms with Crippen LogP contribution in [0.4, 0.5) is 5.82 Å². The number of carbonyl (C=O) groups excluding carboxylic acids is 1. The quantitative estimate of drug-likeness (QED) is 0.537. The van der Waals surface area contributed by atoms with E-state index in [4.69, 9.17) is 21.3 Å². The van der Waals surface area contributed by atoms with Crippen molar-refractivity contribution < 1.29 is 9.53 Å². The fraction of sp³-hybridized carbons (Fsp3) is 0.190. The van der Waals surface area contributed by atoms with Gasteiger partial charge in [0.25, 0.3) is 5.91 Å². The fourth-order valence-corrected chi connectivity index (χ4v) is 3.17. The topological polar surface area (TPSA) is 69.0 Å².